The van der Waals surface area contributed by atoms with E-state index >= 15 is 0 Å². The molecule has 2 unspecified atom stereocenters. The van der Waals surface area contributed by atoms with Crippen LogP contribution >= 0.6 is 0 Å². The summed E-state index contributed by atoms with van der Waals surface area (Å²) >= 11 is 0. The van der Waals surface area contributed by atoms with Gasteiger partial charge in [-0.2, -0.15) is 0 Å². The minimum Gasteiger partial charge on any atom is -0.313 e. The normalized spacial score (nSPS) is 29.8. The first-order valence-electron chi connectivity index (χ1n) is 7.21. The molecule has 0 aromatic rings. The van der Waals surface area contributed by atoms with Crippen LogP contribution in [-0.4, -0.2) is 37.1 Å². The molecular formula is C14H28N2. The third-order valence-corrected chi connectivity index (χ3v) is 4.70. The van der Waals surface area contributed by atoms with Gasteiger partial charge in [-0.05, 0) is 52.1 Å². The minimum absolute atomic E-state index is 0.760. The van der Waals surface area contributed by atoms with Crippen molar-refractivity contribution in [2.75, 3.05) is 20.1 Å². The third-order valence-electron chi connectivity index (χ3n) is 4.70. The average Bonchev–Trinajstić information content (AvgIpc) is 2.82. The van der Waals surface area contributed by atoms with E-state index in [1.54, 1.807) is 0 Å². The third kappa shape index (κ3) is 3.21. The molecule has 0 aromatic carbocycles. The number of nitrogens with zero attached hydrogens (tertiary/aromatic N) is 1. The van der Waals surface area contributed by atoms with Gasteiger partial charge < -0.3 is 10.2 Å². The fraction of sp³-hybridized carbons (Fsp3) is 1.00. The molecule has 0 bridgehead atoms. The molecule has 2 nitrogen and oxygen atoms in total. The van der Waals surface area contributed by atoms with Crippen molar-refractivity contribution in [1.82, 2.24) is 10.2 Å². The van der Waals surface area contributed by atoms with Gasteiger partial charge in [0.15, 0.2) is 0 Å². The number of hydrogen-bond acceptors (Lipinski definition) is 2. The Labute approximate surface area is 101 Å². The highest BCUT2D eigenvalue weighted by Crippen LogP contribution is 2.28. The summed E-state index contributed by atoms with van der Waals surface area (Å²) in [5.41, 5.74) is 0. The SMILES string of the molecule is CC(C1CCCCC1)N(C)CC1CCCN1. The molecule has 2 atom stereocenters. The lowest BCUT2D eigenvalue weighted by molar-refractivity contribution is 0.148. The van der Waals surface area contributed by atoms with Crippen LogP contribution in [0.4, 0.5) is 0 Å². The maximum atomic E-state index is 3.60. The fourth-order valence-electron chi connectivity index (χ4n) is 3.40. The Bertz CT molecular complexity index is 193. The maximum absolute atomic E-state index is 3.60. The minimum atomic E-state index is 0.760. The lowest BCUT2D eigenvalue weighted by Gasteiger charge is -2.35. The van der Waals surface area contributed by atoms with Crippen molar-refractivity contribution in [2.45, 2.75) is 64.0 Å². The van der Waals surface area contributed by atoms with Crippen LogP contribution in [0.5, 0.6) is 0 Å². The van der Waals surface area contributed by atoms with Crippen LogP contribution in [0.1, 0.15) is 51.9 Å². The molecule has 0 spiro atoms. The highest BCUT2D eigenvalue weighted by molar-refractivity contribution is 4.82. The van der Waals surface area contributed by atoms with Crippen molar-refractivity contribution in [2.24, 2.45) is 5.92 Å². The van der Waals surface area contributed by atoms with E-state index in [0.29, 0.717) is 0 Å². The second kappa shape index (κ2) is 6.02. The molecule has 2 heteroatoms. The van der Waals surface area contributed by atoms with Crippen molar-refractivity contribution in [3.8, 4) is 0 Å². The van der Waals surface area contributed by atoms with Crippen molar-refractivity contribution in [3.63, 3.8) is 0 Å². The number of hydrogen-bond donors (Lipinski definition) is 1. The second-order valence-corrected chi connectivity index (χ2v) is 5.87. The molecule has 1 saturated heterocycles. The average molecular weight is 224 g/mol. The largest absolute Gasteiger partial charge is 0.313 e. The van der Waals surface area contributed by atoms with E-state index in [2.05, 4.69) is 24.2 Å². The first-order chi connectivity index (χ1) is 7.77. The van der Waals surface area contributed by atoms with Crippen LogP contribution in [-0.2, 0) is 0 Å². The lowest BCUT2D eigenvalue weighted by Crippen LogP contribution is -2.43. The summed E-state index contributed by atoms with van der Waals surface area (Å²) in [6.45, 7) is 4.92. The summed E-state index contributed by atoms with van der Waals surface area (Å²) in [7, 11) is 2.32. The molecule has 2 aliphatic rings. The predicted octanol–water partition coefficient (Wildman–Crippen LogP) is 2.64. The highest BCUT2D eigenvalue weighted by Gasteiger charge is 2.25. The van der Waals surface area contributed by atoms with E-state index in [1.165, 1.54) is 58.0 Å². The topological polar surface area (TPSA) is 15.3 Å². The van der Waals surface area contributed by atoms with Gasteiger partial charge in [0.1, 0.15) is 0 Å². The summed E-state index contributed by atoms with van der Waals surface area (Å²) in [6.07, 6.45) is 10.1. The van der Waals surface area contributed by atoms with E-state index in [1.807, 2.05) is 0 Å². The van der Waals surface area contributed by atoms with E-state index in [4.69, 9.17) is 0 Å². The van der Waals surface area contributed by atoms with Gasteiger partial charge in [-0.15, -0.1) is 0 Å². The molecule has 0 aromatic heterocycles. The van der Waals surface area contributed by atoms with Gasteiger partial charge in [0.2, 0.25) is 0 Å². The number of likely N-dealkylation sites (N-methyl/N-ethyl adjacent to an activating group) is 1. The second-order valence-electron chi connectivity index (χ2n) is 5.87. The molecule has 2 rings (SSSR count). The molecule has 0 amide bonds. The Morgan fingerprint density at radius 1 is 1.12 bits per heavy atom. The standard InChI is InChI=1S/C14H28N2/c1-12(13-7-4-3-5-8-13)16(2)11-14-9-6-10-15-14/h12-15H,3-11H2,1-2H3. The Morgan fingerprint density at radius 3 is 2.50 bits per heavy atom. The quantitative estimate of drug-likeness (QED) is 0.790. The summed E-state index contributed by atoms with van der Waals surface area (Å²) in [6, 6.07) is 1.54. The molecule has 1 aliphatic carbocycles. The van der Waals surface area contributed by atoms with Gasteiger partial charge in [-0.1, -0.05) is 19.3 Å². The molecule has 16 heavy (non-hydrogen) atoms. The Kier molecular flexibility index (Phi) is 4.66. The molecule has 1 N–H and O–H groups in total. The summed E-state index contributed by atoms with van der Waals surface area (Å²) in [5.74, 6) is 0.958. The molecule has 2 fully saturated rings. The van der Waals surface area contributed by atoms with Crippen LogP contribution < -0.4 is 5.32 Å². The van der Waals surface area contributed by atoms with Crippen molar-refractivity contribution in [1.29, 1.82) is 0 Å². The molecule has 94 valence electrons. The van der Waals surface area contributed by atoms with E-state index in [9.17, 15) is 0 Å². The number of rotatable bonds is 4. The van der Waals surface area contributed by atoms with Crippen LogP contribution in [0.15, 0.2) is 0 Å². The van der Waals surface area contributed by atoms with E-state index in [-0.39, 0.29) is 0 Å². The Hall–Kier alpha value is -0.0800. The Morgan fingerprint density at radius 2 is 1.88 bits per heavy atom. The molecule has 1 saturated carbocycles. The van der Waals surface area contributed by atoms with Crippen LogP contribution in [0.2, 0.25) is 0 Å². The van der Waals surface area contributed by atoms with Gasteiger partial charge >= 0.3 is 0 Å². The van der Waals surface area contributed by atoms with Crippen LogP contribution in [0, 0.1) is 5.92 Å². The molecular weight excluding hydrogens is 196 g/mol. The van der Waals surface area contributed by atoms with Crippen molar-refractivity contribution >= 4 is 0 Å². The summed E-state index contributed by atoms with van der Waals surface area (Å²) in [4.78, 5) is 2.60. The Balaban J connectivity index is 1.75. The van der Waals surface area contributed by atoms with E-state index in [0.717, 1.165) is 18.0 Å². The molecule has 1 heterocycles. The first-order valence-corrected chi connectivity index (χ1v) is 7.21. The molecule has 0 radical (unpaired) electrons. The van der Waals surface area contributed by atoms with E-state index < -0.39 is 0 Å². The summed E-state index contributed by atoms with van der Waals surface area (Å²) in [5, 5.41) is 3.60. The van der Waals surface area contributed by atoms with Crippen LogP contribution in [0.25, 0.3) is 0 Å². The lowest BCUT2D eigenvalue weighted by atomic mass is 9.84. The zero-order valence-electron chi connectivity index (χ0n) is 11.0. The van der Waals surface area contributed by atoms with Crippen LogP contribution in [0.3, 0.4) is 0 Å². The van der Waals surface area contributed by atoms with Crippen molar-refractivity contribution < 1.29 is 0 Å². The zero-order valence-corrected chi connectivity index (χ0v) is 11.0. The van der Waals surface area contributed by atoms with Gasteiger partial charge in [0.25, 0.3) is 0 Å². The van der Waals surface area contributed by atoms with Gasteiger partial charge in [0, 0.05) is 18.6 Å². The smallest absolute Gasteiger partial charge is 0.0195 e. The monoisotopic (exact) mass is 224 g/mol. The van der Waals surface area contributed by atoms with Gasteiger partial charge in [0.05, 0.1) is 0 Å². The molecule has 1 aliphatic heterocycles. The maximum Gasteiger partial charge on any atom is 0.0195 e. The van der Waals surface area contributed by atoms with Gasteiger partial charge in [-0.3, -0.25) is 0 Å². The van der Waals surface area contributed by atoms with Crippen molar-refractivity contribution in [3.05, 3.63) is 0 Å². The zero-order chi connectivity index (χ0) is 11.4. The fourth-order valence-corrected chi connectivity index (χ4v) is 3.40. The summed E-state index contributed by atoms with van der Waals surface area (Å²) < 4.78 is 0. The predicted molar refractivity (Wildman–Crippen MR) is 69.7 cm³/mol. The van der Waals surface area contributed by atoms with Gasteiger partial charge in [-0.25, -0.2) is 0 Å². The first kappa shape index (κ1) is 12.4. The number of nitrogens with one attached hydrogen (secondary N) is 1. The highest BCUT2D eigenvalue weighted by atomic mass is 15.2.